The van der Waals surface area contributed by atoms with Crippen LogP contribution < -0.4 is 9.46 Å². The quantitative estimate of drug-likeness (QED) is 0.595. The monoisotopic (exact) mass is 373 g/mol. The van der Waals surface area contributed by atoms with Crippen LogP contribution >= 0.6 is 0 Å². The minimum atomic E-state index is -3.97. The Kier molecular flexibility index (Phi) is 7.85. The summed E-state index contributed by atoms with van der Waals surface area (Å²) in [6.07, 6.45) is 0.261. The number of carboxylic acids is 1. The zero-order chi connectivity index (χ0) is 19.0. The molecule has 9 heteroatoms. The van der Waals surface area contributed by atoms with Crippen LogP contribution in [0.1, 0.15) is 26.7 Å². The summed E-state index contributed by atoms with van der Waals surface area (Å²) in [4.78, 5) is 22.1. The predicted molar refractivity (Wildman–Crippen MR) is 89.8 cm³/mol. The van der Waals surface area contributed by atoms with Crippen molar-refractivity contribution in [1.82, 2.24) is 4.72 Å². The maximum Gasteiger partial charge on any atom is 0.321 e. The van der Waals surface area contributed by atoms with Crippen molar-refractivity contribution in [2.45, 2.75) is 37.6 Å². The van der Waals surface area contributed by atoms with Crippen LogP contribution in [0.25, 0.3) is 0 Å². The molecule has 8 nitrogen and oxygen atoms in total. The zero-order valence-corrected chi connectivity index (χ0v) is 15.2. The van der Waals surface area contributed by atoms with Crippen molar-refractivity contribution >= 4 is 22.0 Å². The number of carboxylic acid groups (broad SMARTS) is 1. The molecule has 0 saturated carbocycles. The summed E-state index contributed by atoms with van der Waals surface area (Å²) < 4.78 is 36.6. The topological polar surface area (TPSA) is 119 Å². The van der Waals surface area contributed by atoms with Gasteiger partial charge < -0.3 is 14.6 Å². The van der Waals surface area contributed by atoms with E-state index in [2.05, 4.69) is 9.46 Å². The Morgan fingerprint density at radius 2 is 1.80 bits per heavy atom. The lowest BCUT2D eigenvalue weighted by Crippen LogP contribution is -2.41. The fourth-order valence-corrected chi connectivity index (χ4v) is 3.20. The molecule has 1 atom stereocenters. The summed E-state index contributed by atoms with van der Waals surface area (Å²) in [7, 11) is -2.69. The fraction of sp³-hybridized carbons (Fsp3) is 0.500. The van der Waals surface area contributed by atoms with Crippen molar-refractivity contribution < 1.29 is 32.6 Å². The highest BCUT2D eigenvalue weighted by Crippen LogP contribution is 2.17. The number of methoxy groups -OCH3 is 1. The van der Waals surface area contributed by atoms with E-state index in [1.807, 2.05) is 13.8 Å². The standard InChI is InChI=1S/C16H23NO7S/c1-11(2)10-14(16(19)20)17-25(21,22)13-6-4-12(5-7-13)24-9-8-15(18)23-3/h4-7,11,14,17H,8-10H2,1-3H3,(H,19,20)/t14-/m1/s1. The number of ether oxygens (including phenoxy) is 2. The normalized spacial score (nSPS) is 12.6. The zero-order valence-electron chi connectivity index (χ0n) is 14.4. The fourth-order valence-electron chi connectivity index (χ4n) is 2.00. The van der Waals surface area contributed by atoms with Crippen molar-refractivity contribution in [3.63, 3.8) is 0 Å². The van der Waals surface area contributed by atoms with Gasteiger partial charge in [-0.1, -0.05) is 13.8 Å². The highest BCUT2D eigenvalue weighted by atomic mass is 32.2. The molecular formula is C16H23NO7S. The molecule has 2 N–H and O–H groups in total. The number of rotatable bonds is 10. The van der Waals surface area contributed by atoms with Crippen LogP contribution in [-0.4, -0.2) is 45.2 Å². The van der Waals surface area contributed by atoms with Gasteiger partial charge in [-0.3, -0.25) is 9.59 Å². The molecule has 0 aliphatic heterocycles. The average Bonchev–Trinajstić information content (AvgIpc) is 2.53. The lowest BCUT2D eigenvalue weighted by molar-refractivity contribution is -0.141. The summed E-state index contributed by atoms with van der Waals surface area (Å²) >= 11 is 0. The van der Waals surface area contributed by atoms with Crippen molar-refractivity contribution in [3.8, 4) is 5.75 Å². The number of nitrogens with one attached hydrogen (secondary N) is 1. The number of carbonyl (C=O) groups is 2. The first-order valence-corrected chi connectivity index (χ1v) is 9.19. The molecule has 0 unspecified atom stereocenters. The Hall–Kier alpha value is -2.13. The second-order valence-corrected chi connectivity index (χ2v) is 7.50. The highest BCUT2D eigenvalue weighted by molar-refractivity contribution is 7.89. The maximum atomic E-state index is 12.3. The van der Waals surface area contributed by atoms with Gasteiger partial charge >= 0.3 is 11.9 Å². The summed E-state index contributed by atoms with van der Waals surface area (Å²) in [5, 5.41) is 9.15. The molecule has 0 saturated heterocycles. The molecule has 0 radical (unpaired) electrons. The van der Waals surface area contributed by atoms with Gasteiger partial charge in [-0.15, -0.1) is 0 Å². The largest absolute Gasteiger partial charge is 0.493 e. The van der Waals surface area contributed by atoms with E-state index >= 15 is 0 Å². The molecular weight excluding hydrogens is 350 g/mol. The van der Waals surface area contributed by atoms with Crippen LogP contribution in [-0.2, 0) is 24.3 Å². The first-order chi connectivity index (χ1) is 11.7. The van der Waals surface area contributed by atoms with E-state index in [9.17, 15) is 18.0 Å². The van der Waals surface area contributed by atoms with Gasteiger partial charge in [0.15, 0.2) is 0 Å². The van der Waals surface area contributed by atoms with E-state index in [0.29, 0.717) is 5.75 Å². The van der Waals surface area contributed by atoms with Crippen LogP contribution in [0.4, 0.5) is 0 Å². The van der Waals surface area contributed by atoms with Gasteiger partial charge in [0.1, 0.15) is 11.8 Å². The molecule has 0 aromatic heterocycles. The van der Waals surface area contributed by atoms with Crippen LogP contribution in [0.2, 0.25) is 0 Å². The summed E-state index contributed by atoms with van der Waals surface area (Å²) in [5.41, 5.74) is 0. The molecule has 25 heavy (non-hydrogen) atoms. The van der Waals surface area contributed by atoms with E-state index < -0.39 is 28.0 Å². The second-order valence-electron chi connectivity index (χ2n) is 5.79. The Bertz CT molecular complexity index is 683. The number of esters is 1. The molecule has 0 heterocycles. The average molecular weight is 373 g/mol. The van der Waals surface area contributed by atoms with E-state index in [-0.39, 0.29) is 30.3 Å². The molecule has 0 spiro atoms. The Morgan fingerprint density at radius 3 is 2.28 bits per heavy atom. The number of hydrogen-bond donors (Lipinski definition) is 2. The minimum Gasteiger partial charge on any atom is -0.493 e. The van der Waals surface area contributed by atoms with Crippen LogP contribution in [0.15, 0.2) is 29.2 Å². The van der Waals surface area contributed by atoms with Gasteiger partial charge in [-0.25, -0.2) is 8.42 Å². The summed E-state index contributed by atoms with van der Waals surface area (Å²) in [6.45, 7) is 3.72. The Morgan fingerprint density at radius 1 is 1.20 bits per heavy atom. The number of hydrogen-bond acceptors (Lipinski definition) is 6. The smallest absolute Gasteiger partial charge is 0.321 e. The molecule has 0 fully saturated rings. The number of sulfonamides is 1. The van der Waals surface area contributed by atoms with Gasteiger partial charge in [0.25, 0.3) is 0 Å². The summed E-state index contributed by atoms with van der Waals surface area (Å²) in [6, 6.07) is 4.29. The van der Waals surface area contributed by atoms with Crippen molar-refractivity contribution in [2.24, 2.45) is 5.92 Å². The number of benzene rings is 1. The first kappa shape index (κ1) is 20.9. The Labute approximate surface area is 147 Å². The van der Waals surface area contributed by atoms with Crippen LogP contribution in [0.3, 0.4) is 0 Å². The van der Waals surface area contributed by atoms with Gasteiger partial charge in [-0.2, -0.15) is 4.72 Å². The summed E-state index contributed by atoms with van der Waals surface area (Å²) in [5.74, 6) is -1.22. The van der Waals surface area contributed by atoms with Crippen molar-refractivity contribution in [3.05, 3.63) is 24.3 Å². The molecule has 0 aliphatic rings. The lowest BCUT2D eigenvalue weighted by atomic mass is 10.1. The van der Waals surface area contributed by atoms with Crippen molar-refractivity contribution in [1.29, 1.82) is 0 Å². The molecule has 140 valence electrons. The van der Waals surface area contributed by atoms with E-state index in [1.54, 1.807) is 0 Å². The Balaban J connectivity index is 2.75. The molecule has 1 rings (SSSR count). The van der Waals surface area contributed by atoms with E-state index in [4.69, 9.17) is 9.84 Å². The molecule has 0 bridgehead atoms. The van der Waals surface area contributed by atoms with Crippen LogP contribution in [0.5, 0.6) is 5.75 Å². The molecule has 0 amide bonds. The minimum absolute atomic E-state index is 0.0226. The lowest BCUT2D eigenvalue weighted by Gasteiger charge is -2.16. The third-order valence-electron chi connectivity index (χ3n) is 3.24. The predicted octanol–water partition coefficient (Wildman–Crippen LogP) is 1.41. The van der Waals surface area contributed by atoms with Crippen molar-refractivity contribution in [2.75, 3.05) is 13.7 Å². The maximum absolute atomic E-state index is 12.3. The third kappa shape index (κ3) is 7.10. The highest BCUT2D eigenvalue weighted by Gasteiger charge is 2.26. The van der Waals surface area contributed by atoms with E-state index in [1.165, 1.54) is 31.4 Å². The van der Waals surface area contributed by atoms with Gasteiger partial charge in [0.2, 0.25) is 10.0 Å². The van der Waals surface area contributed by atoms with Gasteiger partial charge in [0.05, 0.1) is 25.0 Å². The molecule has 0 aliphatic carbocycles. The number of aliphatic carboxylic acids is 1. The number of carbonyl (C=O) groups excluding carboxylic acids is 1. The molecule has 1 aromatic rings. The van der Waals surface area contributed by atoms with Crippen LogP contribution in [0, 0.1) is 5.92 Å². The van der Waals surface area contributed by atoms with Gasteiger partial charge in [-0.05, 0) is 36.6 Å². The third-order valence-corrected chi connectivity index (χ3v) is 4.73. The van der Waals surface area contributed by atoms with E-state index in [0.717, 1.165) is 0 Å². The molecule has 1 aromatic carbocycles. The SMILES string of the molecule is COC(=O)CCOc1ccc(S(=O)(=O)N[C@H](CC(C)C)C(=O)O)cc1. The first-order valence-electron chi connectivity index (χ1n) is 7.70. The van der Waals surface area contributed by atoms with Gasteiger partial charge in [0, 0.05) is 0 Å². The second kappa shape index (κ2) is 9.38.